The molecule has 3 nitrogen and oxygen atoms in total. The van der Waals surface area contributed by atoms with E-state index in [0.29, 0.717) is 5.52 Å². The molecule has 0 radical (unpaired) electrons. The van der Waals surface area contributed by atoms with Gasteiger partial charge in [-0.1, -0.05) is 0 Å². The highest BCUT2D eigenvalue weighted by atomic mass is 19.1. The van der Waals surface area contributed by atoms with Crippen LogP contribution in [0.4, 0.5) is 4.39 Å². The molecule has 2 heterocycles. The largest absolute Gasteiger partial charge is 0.327 e. The lowest BCUT2D eigenvalue weighted by molar-refractivity contribution is 0.629. The Morgan fingerprint density at radius 3 is 2.65 bits per heavy atom. The summed E-state index contributed by atoms with van der Waals surface area (Å²) in [5.41, 5.74) is 2.55. The van der Waals surface area contributed by atoms with Crippen molar-refractivity contribution in [2.75, 3.05) is 0 Å². The maximum absolute atomic E-state index is 13.1. The molecule has 0 saturated carbocycles. The predicted molar refractivity (Wildman–Crippen MR) is 63.9 cm³/mol. The first-order valence-corrected chi connectivity index (χ1v) is 5.28. The number of fused-ring (bicyclic) bond motifs is 1. The van der Waals surface area contributed by atoms with Crippen LogP contribution in [0.25, 0.3) is 22.4 Å². The van der Waals surface area contributed by atoms with Gasteiger partial charge >= 0.3 is 0 Å². The number of rotatable bonds is 1. The summed E-state index contributed by atoms with van der Waals surface area (Å²) in [5.74, 6) is 0.546. The fraction of sp³-hybridized carbons (Fsp3) is 0.0769. The van der Waals surface area contributed by atoms with E-state index in [1.165, 1.54) is 12.1 Å². The van der Waals surface area contributed by atoms with Gasteiger partial charge in [-0.2, -0.15) is 0 Å². The average Bonchev–Trinajstić information content (AvgIpc) is 2.67. The van der Waals surface area contributed by atoms with Gasteiger partial charge in [-0.25, -0.2) is 9.37 Å². The molecule has 0 atom stereocenters. The number of nitrogens with zero attached hydrogens (tertiary/aromatic N) is 3. The molecule has 17 heavy (non-hydrogen) atoms. The van der Waals surface area contributed by atoms with E-state index in [1.807, 2.05) is 23.7 Å². The molecule has 3 rings (SSSR count). The van der Waals surface area contributed by atoms with Crippen molar-refractivity contribution in [3.05, 3.63) is 48.5 Å². The Kier molecular flexibility index (Phi) is 2.14. The van der Waals surface area contributed by atoms with Gasteiger partial charge in [-0.3, -0.25) is 4.98 Å². The summed E-state index contributed by atoms with van der Waals surface area (Å²) >= 11 is 0. The van der Waals surface area contributed by atoms with Crippen LogP contribution in [0.5, 0.6) is 0 Å². The van der Waals surface area contributed by atoms with E-state index in [0.717, 1.165) is 16.9 Å². The van der Waals surface area contributed by atoms with Gasteiger partial charge in [0.15, 0.2) is 0 Å². The fourth-order valence-corrected chi connectivity index (χ4v) is 1.93. The lowest BCUT2D eigenvalue weighted by Gasteiger charge is -2.01. The van der Waals surface area contributed by atoms with Crippen molar-refractivity contribution in [2.45, 2.75) is 0 Å². The minimum Gasteiger partial charge on any atom is -0.327 e. The Hall–Kier alpha value is -2.23. The van der Waals surface area contributed by atoms with Crippen LogP contribution >= 0.6 is 0 Å². The average molecular weight is 227 g/mol. The second-order valence-corrected chi connectivity index (χ2v) is 3.86. The van der Waals surface area contributed by atoms with E-state index >= 15 is 0 Å². The van der Waals surface area contributed by atoms with Gasteiger partial charge in [-0.05, 0) is 24.3 Å². The zero-order valence-electron chi connectivity index (χ0n) is 9.26. The van der Waals surface area contributed by atoms with Crippen molar-refractivity contribution in [3.63, 3.8) is 0 Å². The highest BCUT2D eigenvalue weighted by Gasteiger charge is 2.09. The van der Waals surface area contributed by atoms with E-state index < -0.39 is 0 Å². The highest BCUT2D eigenvalue weighted by Crippen LogP contribution is 2.23. The number of aryl methyl sites for hydroxylation is 1. The minimum atomic E-state index is -0.267. The summed E-state index contributed by atoms with van der Waals surface area (Å²) < 4.78 is 15.1. The topological polar surface area (TPSA) is 30.7 Å². The molecule has 1 aromatic carbocycles. The first kappa shape index (κ1) is 9.96. The van der Waals surface area contributed by atoms with E-state index in [1.54, 1.807) is 18.5 Å². The predicted octanol–water partition coefficient (Wildman–Crippen LogP) is 2.77. The first-order valence-electron chi connectivity index (χ1n) is 5.28. The molecular formula is C13H10FN3. The Labute approximate surface area is 97.6 Å². The number of imidazole rings is 1. The van der Waals surface area contributed by atoms with E-state index in [-0.39, 0.29) is 5.82 Å². The lowest BCUT2D eigenvalue weighted by atomic mass is 10.2. The van der Waals surface area contributed by atoms with Crippen molar-refractivity contribution in [2.24, 2.45) is 7.05 Å². The quantitative estimate of drug-likeness (QED) is 0.640. The maximum atomic E-state index is 13.1. The van der Waals surface area contributed by atoms with Gasteiger partial charge < -0.3 is 4.57 Å². The fourth-order valence-electron chi connectivity index (χ4n) is 1.93. The Morgan fingerprint density at radius 2 is 1.88 bits per heavy atom. The van der Waals surface area contributed by atoms with Crippen LogP contribution in [0.15, 0.2) is 42.7 Å². The molecule has 0 fully saturated rings. The monoisotopic (exact) mass is 227 g/mol. The van der Waals surface area contributed by atoms with E-state index in [2.05, 4.69) is 9.97 Å². The van der Waals surface area contributed by atoms with Crippen molar-refractivity contribution >= 4 is 11.0 Å². The smallest absolute Gasteiger partial charge is 0.140 e. The molecule has 84 valence electrons. The molecule has 3 aromatic rings. The maximum Gasteiger partial charge on any atom is 0.140 e. The van der Waals surface area contributed by atoms with Crippen LogP contribution in [-0.4, -0.2) is 14.5 Å². The molecule has 0 unspecified atom stereocenters. The summed E-state index contributed by atoms with van der Waals surface area (Å²) in [4.78, 5) is 8.41. The third-order valence-electron chi connectivity index (χ3n) is 2.78. The zero-order chi connectivity index (χ0) is 11.8. The van der Waals surface area contributed by atoms with Gasteiger partial charge in [-0.15, -0.1) is 0 Å². The SMILES string of the molecule is Cn1c(-c2ccncc2)nc2cc(F)ccc21. The molecule has 0 spiro atoms. The molecule has 2 aromatic heterocycles. The van der Waals surface area contributed by atoms with Crippen molar-refractivity contribution in [1.82, 2.24) is 14.5 Å². The number of pyridine rings is 1. The van der Waals surface area contributed by atoms with Crippen LogP contribution < -0.4 is 0 Å². The van der Waals surface area contributed by atoms with Crippen molar-refractivity contribution < 1.29 is 4.39 Å². The van der Waals surface area contributed by atoms with Crippen LogP contribution in [0.1, 0.15) is 0 Å². The zero-order valence-corrected chi connectivity index (χ0v) is 9.26. The molecule has 4 heteroatoms. The molecule has 0 bridgehead atoms. The number of benzene rings is 1. The molecule has 0 N–H and O–H groups in total. The van der Waals surface area contributed by atoms with Crippen LogP contribution in [0, 0.1) is 5.82 Å². The Balaban J connectivity index is 2.28. The second kappa shape index (κ2) is 3.66. The number of hydrogen-bond acceptors (Lipinski definition) is 2. The first-order chi connectivity index (χ1) is 8.25. The minimum absolute atomic E-state index is 0.267. The van der Waals surface area contributed by atoms with Gasteiger partial charge in [0.25, 0.3) is 0 Å². The summed E-state index contributed by atoms with van der Waals surface area (Å²) in [6.07, 6.45) is 3.44. The second-order valence-electron chi connectivity index (χ2n) is 3.86. The summed E-state index contributed by atoms with van der Waals surface area (Å²) in [6.45, 7) is 0. The molecule has 0 aliphatic rings. The van der Waals surface area contributed by atoms with Crippen LogP contribution in [0.3, 0.4) is 0 Å². The van der Waals surface area contributed by atoms with Crippen LogP contribution in [0.2, 0.25) is 0 Å². The summed E-state index contributed by atoms with van der Waals surface area (Å²) in [7, 11) is 1.92. The molecule has 0 aliphatic heterocycles. The van der Waals surface area contributed by atoms with Gasteiger partial charge in [0, 0.05) is 31.1 Å². The number of halogens is 1. The summed E-state index contributed by atoms with van der Waals surface area (Å²) in [6, 6.07) is 8.40. The Bertz CT molecular complexity index is 674. The van der Waals surface area contributed by atoms with E-state index in [9.17, 15) is 4.39 Å². The lowest BCUT2D eigenvalue weighted by Crippen LogP contribution is -1.92. The van der Waals surface area contributed by atoms with Crippen molar-refractivity contribution in [3.8, 4) is 11.4 Å². The highest BCUT2D eigenvalue weighted by molar-refractivity contribution is 5.80. The number of hydrogen-bond donors (Lipinski definition) is 0. The van der Waals surface area contributed by atoms with Crippen molar-refractivity contribution in [1.29, 1.82) is 0 Å². The van der Waals surface area contributed by atoms with Gasteiger partial charge in [0.05, 0.1) is 11.0 Å². The molecule has 0 saturated heterocycles. The third-order valence-corrected chi connectivity index (χ3v) is 2.78. The molecule has 0 amide bonds. The van der Waals surface area contributed by atoms with E-state index in [4.69, 9.17) is 0 Å². The normalized spacial score (nSPS) is 10.9. The molecule has 0 aliphatic carbocycles. The van der Waals surface area contributed by atoms with Crippen LogP contribution in [-0.2, 0) is 7.05 Å². The third kappa shape index (κ3) is 1.58. The number of aromatic nitrogens is 3. The molecular weight excluding hydrogens is 217 g/mol. The standard InChI is InChI=1S/C13H10FN3/c1-17-12-3-2-10(14)8-11(12)16-13(17)9-4-6-15-7-5-9/h2-8H,1H3. The summed E-state index contributed by atoms with van der Waals surface area (Å²) in [5, 5.41) is 0. The van der Waals surface area contributed by atoms with Gasteiger partial charge in [0.2, 0.25) is 0 Å². The Morgan fingerprint density at radius 1 is 1.12 bits per heavy atom. The van der Waals surface area contributed by atoms with Gasteiger partial charge in [0.1, 0.15) is 11.6 Å².